The summed E-state index contributed by atoms with van der Waals surface area (Å²) in [7, 11) is 2.17. The van der Waals surface area contributed by atoms with E-state index in [0.29, 0.717) is 23.5 Å². The highest BCUT2D eigenvalue weighted by atomic mass is 16.6. The predicted octanol–water partition coefficient (Wildman–Crippen LogP) is 3.12. The number of hydrogen-bond acceptors (Lipinski definition) is 6. The Labute approximate surface area is 174 Å². The summed E-state index contributed by atoms with van der Waals surface area (Å²) in [6, 6.07) is 10.5. The van der Waals surface area contributed by atoms with Crippen molar-refractivity contribution in [3.63, 3.8) is 0 Å². The molecule has 4 aliphatic rings. The molecule has 30 heavy (non-hydrogen) atoms. The largest absolute Gasteiger partial charge is 0.507 e. The molecular weight excluding hydrogens is 382 g/mol. The molecule has 2 N–H and O–H groups in total. The van der Waals surface area contributed by atoms with Crippen molar-refractivity contribution in [3.8, 4) is 17.2 Å². The van der Waals surface area contributed by atoms with Gasteiger partial charge in [-0.3, -0.25) is 0 Å². The molecule has 0 aromatic heterocycles. The van der Waals surface area contributed by atoms with Crippen molar-refractivity contribution in [2.75, 3.05) is 13.6 Å². The van der Waals surface area contributed by atoms with Crippen LogP contribution in [0.5, 0.6) is 17.2 Å². The van der Waals surface area contributed by atoms with Crippen molar-refractivity contribution in [2.24, 2.45) is 5.92 Å². The van der Waals surface area contributed by atoms with Gasteiger partial charge in [0.05, 0.1) is 0 Å². The van der Waals surface area contributed by atoms with Gasteiger partial charge >= 0.3 is 5.97 Å². The minimum absolute atomic E-state index is 0.109. The molecule has 2 heterocycles. The van der Waals surface area contributed by atoms with Crippen LogP contribution in [-0.4, -0.2) is 46.8 Å². The molecule has 2 bridgehead atoms. The number of phenolic OH excluding ortho intramolecular Hbond substituents is 2. The van der Waals surface area contributed by atoms with Crippen molar-refractivity contribution < 1.29 is 24.5 Å². The van der Waals surface area contributed by atoms with Crippen molar-refractivity contribution in [3.05, 3.63) is 64.9 Å². The lowest BCUT2D eigenvalue weighted by Crippen LogP contribution is -2.63. The summed E-state index contributed by atoms with van der Waals surface area (Å²) in [5.41, 5.74) is 2.14. The Balaban J connectivity index is 1.45. The van der Waals surface area contributed by atoms with Crippen molar-refractivity contribution in [1.29, 1.82) is 0 Å². The van der Waals surface area contributed by atoms with Gasteiger partial charge in [0.15, 0.2) is 17.6 Å². The Morgan fingerprint density at radius 1 is 1.20 bits per heavy atom. The van der Waals surface area contributed by atoms with E-state index in [1.54, 1.807) is 24.3 Å². The Kier molecular flexibility index (Phi) is 3.58. The number of benzene rings is 2. The summed E-state index contributed by atoms with van der Waals surface area (Å²) in [4.78, 5) is 15.2. The Morgan fingerprint density at radius 2 is 2.03 bits per heavy atom. The number of carbonyl (C=O) groups excluding carboxylic acids is 1. The van der Waals surface area contributed by atoms with Crippen LogP contribution in [0.25, 0.3) is 0 Å². The molecule has 2 aromatic carbocycles. The molecule has 0 saturated carbocycles. The van der Waals surface area contributed by atoms with Gasteiger partial charge in [-0.2, -0.15) is 0 Å². The molecule has 0 amide bonds. The second-order valence-corrected chi connectivity index (χ2v) is 8.84. The summed E-state index contributed by atoms with van der Waals surface area (Å²) in [5.74, 6) is 0.786. The van der Waals surface area contributed by atoms with E-state index in [2.05, 4.69) is 11.9 Å². The molecule has 154 valence electrons. The highest BCUT2D eigenvalue weighted by Crippen LogP contribution is 2.63. The zero-order chi connectivity index (χ0) is 20.6. The lowest BCUT2D eigenvalue weighted by molar-refractivity contribution is -0.0272. The van der Waals surface area contributed by atoms with Crippen molar-refractivity contribution in [2.45, 2.75) is 36.8 Å². The van der Waals surface area contributed by atoms with Gasteiger partial charge in [0.1, 0.15) is 17.1 Å². The third-order valence-corrected chi connectivity index (χ3v) is 7.56. The number of rotatable bonds is 2. The monoisotopic (exact) mass is 405 g/mol. The smallest absolute Gasteiger partial charge is 0.347 e. The third-order valence-electron chi connectivity index (χ3n) is 7.56. The number of aromatic hydroxyl groups is 2. The normalized spacial score (nSPS) is 30.8. The number of hydrogen-bond donors (Lipinski definition) is 2. The molecular formula is C24H23NO5. The molecule has 6 heteroatoms. The van der Waals surface area contributed by atoms with Gasteiger partial charge in [-0.15, -0.1) is 0 Å². The van der Waals surface area contributed by atoms with E-state index in [4.69, 9.17) is 9.47 Å². The number of para-hydroxylation sites is 1. The fourth-order valence-corrected chi connectivity index (χ4v) is 6.22. The maximum atomic E-state index is 12.8. The van der Waals surface area contributed by atoms with Gasteiger partial charge in [-0.05, 0) is 68.6 Å². The number of esters is 1. The highest BCUT2D eigenvalue weighted by molar-refractivity contribution is 5.93. The summed E-state index contributed by atoms with van der Waals surface area (Å²) >= 11 is 0. The number of phenols is 2. The van der Waals surface area contributed by atoms with Gasteiger partial charge in [-0.25, -0.2) is 4.79 Å². The fraction of sp³-hybridized carbons (Fsp3) is 0.375. The van der Waals surface area contributed by atoms with Crippen LogP contribution in [0.1, 0.15) is 34.3 Å². The second kappa shape index (κ2) is 6.01. The zero-order valence-electron chi connectivity index (χ0n) is 16.7. The van der Waals surface area contributed by atoms with Gasteiger partial charge < -0.3 is 24.6 Å². The number of ether oxygens (including phenoxy) is 2. The molecule has 1 fully saturated rings. The molecule has 0 unspecified atom stereocenters. The van der Waals surface area contributed by atoms with E-state index in [-0.39, 0.29) is 22.5 Å². The van der Waals surface area contributed by atoms with Crippen LogP contribution in [0, 0.1) is 5.92 Å². The summed E-state index contributed by atoms with van der Waals surface area (Å²) < 4.78 is 12.2. The lowest BCUT2D eigenvalue weighted by atomic mass is 9.53. The number of nitrogens with zero attached hydrogens (tertiary/aromatic N) is 1. The second-order valence-electron chi connectivity index (χ2n) is 8.84. The van der Waals surface area contributed by atoms with E-state index in [0.717, 1.165) is 31.4 Å². The first kappa shape index (κ1) is 17.8. The summed E-state index contributed by atoms with van der Waals surface area (Å²) in [6.45, 7) is 0.927. The molecule has 1 spiro atoms. The van der Waals surface area contributed by atoms with Gasteiger partial charge in [0.25, 0.3) is 0 Å². The standard InChI is InChI=1S/C24H23NO5/c1-25-11-10-24-15-7-9-19(29-23(28)14-4-2-3-5-17(14)26)22(24)30-21-18(27)8-6-13(20(21)24)12-16(15)25/h2-6,8-9,15-16,22,26-27H,7,10-12H2,1H3/t15-,16+,22-,24-/m0/s1. The first-order valence-electron chi connectivity index (χ1n) is 10.4. The van der Waals surface area contributed by atoms with Crippen LogP contribution < -0.4 is 4.74 Å². The number of likely N-dealkylation sites (N-methyl/N-ethyl adjacent to an activating group) is 1. The van der Waals surface area contributed by atoms with Gasteiger partial charge in [0.2, 0.25) is 0 Å². The molecule has 6 rings (SSSR count). The molecule has 2 aromatic rings. The topological polar surface area (TPSA) is 79.2 Å². The lowest BCUT2D eigenvalue weighted by Gasteiger charge is -2.56. The van der Waals surface area contributed by atoms with E-state index in [1.807, 2.05) is 12.1 Å². The van der Waals surface area contributed by atoms with E-state index in [1.165, 1.54) is 11.6 Å². The first-order chi connectivity index (χ1) is 14.5. The Hall–Kier alpha value is -2.99. The first-order valence-corrected chi connectivity index (χ1v) is 10.4. The maximum absolute atomic E-state index is 12.8. The Bertz CT molecular complexity index is 1110. The van der Waals surface area contributed by atoms with E-state index < -0.39 is 12.1 Å². The zero-order valence-corrected chi connectivity index (χ0v) is 16.7. The van der Waals surface area contributed by atoms with Crippen molar-refractivity contribution >= 4 is 5.97 Å². The summed E-state index contributed by atoms with van der Waals surface area (Å²) in [6.07, 6.45) is 4.11. The summed E-state index contributed by atoms with van der Waals surface area (Å²) in [5, 5.41) is 20.6. The molecule has 4 atom stereocenters. The minimum atomic E-state index is -0.599. The van der Waals surface area contributed by atoms with Gasteiger partial charge in [0, 0.05) is 17.0 Å². The van der Waals surface area contributed by atoms with Crippen LogP contribution in [0.4, 0.5) is 0 Å². The van der Waals surface area contributed by atoms with E-state index >= 15 is 0 Å². The molecule has 2 aliphatic heterocycles. The average Bonchev–Trinajstić information content (AvgIpc) is 3.09. The third kappa shape index (κ3) is 2.14. The molecule has 1 saturated heterocycles. The number of likely N-dealkylation sites (tertiary alicyclic amines) is 1. The Morgan fingerprint density at radius 3 is 2.87 bits per heavy atom. The molecule has 2 aliphatic carbocycles. The van der Waals surface area contributed by atoms with Crippen LogP contribution in [-0.2, 0) is 16.6 Å². The van der Waals surface area contributed by atoms with Crippen LogP contribution >= 0.6 is 0 Å². The van der Waals surface area contributed by atoms with Crippen molar-refractivity contribution in [1.82, 2.24) is 4.90 Å². The van der Waals surface area contributed by atoms with Crippen LogP contribution in [0.15, 0.2) is 48.2 Å². The quantitative estimate of drug-likeness (QED) is 0.748. The minimum Gasteiger partial charge on any atom is -0.507 e. The predicted molar refractivity (Wildman–Crippen MR) is 109 cm³/mol. The number of piperidine rings is 1. The van der Waals surface area contributed by atoms with Crippen LogP contribution in [0.2, 0.25) is 0 Å². The van der Waals surface area contributed by atoms with E-state index in [9.17, 15) is 15.0 Å². The fourth-order valence-electron chi connectivity index (χ4n) is 6.22. The SMILES string of the molecule is CN1CC[C@]23c4c5ccc(O)c4O[C@H]2C(OC(=O)c2ccccc2O)=CC[C@H]3[C@H]1C5. The molecule has 0 radical (unpaired) electrons. The highest BCUT2D eigenvalue weighted by Gasteiger charge is 2.64. The number of carbonyl (C=O) groups is 1. The maximum Gasteiger partial charge on any atom is 0.347 e. The average molecular weight is 405 g/mol. The molecule has 6 nitrogen and oxygen atoms in total. The number of allylic oxidation sites excluding steroid dienone is 1. The van der Waals surface area contributed by atoms with Gasteiger partial charge in [-0.1, -0.05) is 18.2 Å². The van der Waals surface area contributed by atoms with Crippen LogP contribution in [0.3, 0.4) is 0 Å².